The molecule has 1 saturated heterocycles. The van der Waals surface area contributed by atoms with Crippen molar-refractivity contribution in [1.82, 2.24) is 4.90 Å². The number of halogens is 1. The zero-order valence-corrected chi connectivity index (χ0v) is 13.9. The molecule has 0 N–H and O–H groups in total. The van der Waals surface area contributed by atoms with Crippen LogP contribution in [0.1, 0.15) is 23.8 Å². The summed E-state index contributed by atoms with van der Waals surface area (Å²) in [5.41, 5.74) is 0.158. The van der Waals surface area contributed by atoms with Gasteiger partial charge in [-0.15, -0.1) is 11.3 Å². The van der Waals surface area contributed by atoms with Gasteiger partial charge in [-0.2, -0.15) is 0 Å². The molecule has 3 nitrogen and oxygen atoms in total. The number of likely N-dealkylation sites (tertiary alicyclic amines) is 1. The van der Waals surface area contributed by atoms with Crippen LogP contribution in [0.4, 0.5) is 0 Å². The average molecular weight is 364 g/mol. The number of carbonyl (C=O) groups excluding carboxylic acids is 2. The van der Waals surface area contributed by atoms with Gasteiger partial charge in [-0.25, -0.2) is 0 Å². The molecule has 0 aliphatic carbocycles. The molecule has 1 fully saturated rings. The van der Waals surface area contributed by atoms with Gasteiger partial charge < -0.3 is 0 Å². The van der Waals surface area contributed by atoms with E-state index in [9.17, 15) is 9.59 Å². The molecule has 1 aliphatic heterocycles. The van der Waals surface area contributed by atoms with Crippen LogP contribution in [0.3, 0.4) is 0 Å². The lowest BCUT2D eigenvalue weighted by Gasteiger charge is -2.22. The number of carbonyl (C=O) groups is 2. The van der Waals surface area contributed by atoms with Gasteiger partial charge in [0.05, 0.1) is 12.0 Å². The lowest BCUT2D eigenvalue weighted by atomic mass is 9.81. The summed E-state index contributed by atoms with van der Waals surface area (Å²) >= 11 is 4.94. The van der Waals surface area contributed by atoms with E-state index in [1.807, 2.05) is 48.7 Å². The molecule has 1 aliphatic rings. The molecule has 0 spiro atoms. The van der Waals surface area contributed by atoms with Gasteiger partial charge in [0.25, 0.3) is 0 Å². The summed E-state index contributed by atoms with van der Waals surface area (Å²) in [5, 5.41) is 1.96. The standard InChI is InChI=1S/C16H14BrNO2S/c1-16(11-5-3-2-4-6-11)8-14(19)18(15(16)20)9-13-7-12(17)10-21-13/h2-7,10H,8-9H2,1H3. The van der Waals surface area contributed by atoms with Crippen molar-refractivity contribution < 1.29 is 9.59 Å². The number of rotatable bonds is 3. The molecule has 0 saturated carbocycles. The fraction of sp³-hybridized carbons (Fsp3) is 0.250. The number of hydrogen-bond donors (Lipinski definition) is 0. The highest BCUT2D eigenvalue weighted by Crippen LogP contribution is 2.37. The first-order valence-electron chi connectivity index (χ1n) is 6.64. The third kappa shape index (κ3) is 2.56. The van der Waals surface area contributed by atoms with Gasteiger partial charge >= 0.3 is 0 Å². The van der Waals surface area contributed by atoms with Gasteiger partial charge in [-0.05, 0) is 34.5 Å². The molecular weight excluding hydrogens is 350 g/mol. The van der Waals surface area contributed by atoms with Gasteiger partial charge in [-0.3, -0.25) is 14.5 Å². The molecule has 1 unspecified atom stereocenters. The Hall–Kier alpha value is -1.46. The monoisotopic (exact) mass is 363 g/mol. The maximum Gasteiger partial charge on any atom is 0.240 e. The topological polar surface area (TPSA) is 37.4 Å². The number of benzene rings is 1. The first-order chi connectivity index (χ1) is 10.0. The molecule has 1 aromatic carbocycles. The fourth-order valence-electron chi connectivity index (χ4n) is 2.67. The highest BCUT2D eigenvalue weighted by molar-refractivity contribution is 9.10. The van der Waals surface area contributed by atoms with Gasteiger partial charge in [-0.1, -0.05) is 30.3 Å². The van der Waals surface area contributed by atoms with Crippen LogP contribution >= 0.6 is 27.3 Å². The summed E-state index contributed by atoms with van der Waals surface area (Å²) in [6, 6.07) is 11.5. The predicted octanol–water partition coefficient (Wildman–Crippen LogP) is 3.73. The van der Waals surface area contributed by atoms with Crippen molar-refractivity contribution in [1.29, 1.82) is 0 Å². The second-order valence-corrected chi connectivity index (χ2v) is 7.30. The van der Waals surface area contributed by atoms with E-state index in [0.717, 1.165) is 14.9 Å². The van der Waals surface area contributed by atoms with Crippen LogP contribution in [-0.2, 0) is 21.5 Å². The number of nitrogens with zero attached hydrogens (tertiary/aromatic N) is 1. The Kier molecular flexibility index (Phi) is 3.71. The summed E-state index contributed by atoms with van der Waals surface area (Å²) in [7, 11) is 0. The van der Waals surface area contributed by atoms with E-state index in [0.29, 0.717) is 6.54 Å². The molecule has 2 heterocycles. The van der Waals surface area contributed by atoms with Crippen molar-refractivity contribution in [2.24, 2.45) is 0 Å². The molecule has 5 heteroatoms. The molecule has 0 radical (unpaired) electrons. The van der Waals surface area contributed by atoms with Gasteiger partial charge in [0, 0.05) is 21.2 Å². The van der Waals surface area contributed by atoms with Crippen LogP contribution < -0.4 is 0 Å². The van der Waals surface area contributed by atoms with Crippen molar-refractivity contribution >= 4 is 39.1 Å². The Morgan fingerprint density at radius 2 is 2.00 bits per heavy atom. The summed E-state index contributed by atoms with van der Waals surface area (Å²) in [4.78, 5) is 27.4. The van der Waals surface area contributed by atoms with Crippen molar-refractivity contribution in [2.75, 3.05) is 0 Å². The minimum atomic E-state index is -0.743. The largest absolute Gasteiger partial charge is 0.276 e. The van der Waals surface area contributed by atoms with E-state index < -0.39 is 5.41 Å². The van der Waals surface area contributed by atoms with E-state index in [-0.39, 0.29) is 18.2 Å². The SMILES string of the molecule is CC1(c2ccccc2)CC(=O)N(Cc2cc(Br)cs2)C1=O. The molecule has 2 amide bonds. The third-order valence-electron chi connectivity index (χ3n) is 3.87. The Morgan fingerprint density at radius 1 is 1.29 bits per heavy atom. The van der Waals surface area contributed by atoms with E-state index in [4.69, 9.17) is 0 Å². The maximum atomic E-state index is 12.7. The maximum absolute atomic E-state index is 12.7. The van der Waals surface area contributed by atoms with Crippen LogP contribution in [0.2, 0.25) is 0 Å². The molecule has 1 aromatic heterocycles. The van der Waals surface area contributed by atoms with Crippen molar-refractivity contribution in [3.05, 3.63) is 56.7 Å². The highest BCUT2D eigenvalue weighted by atomic mass is 79.9. The predicted molar refractivity (Wildman–Crippen MR) is 86.0 cm³/mol. The first-order valence-corrected chi connectivity index (χ1v) is 8.31. The van der Waals surface area contributed by atoms with Crippen molar-refractivity contribution in [3.8, 4) is 0 Å². The number of imide groups is 1. The fourth-order valence-corrected chi connectivity index (χ4v) is 4.11. The van der Waals surface area contributed by atoms with Crippen LogP contribution in [-0.4, -0.2) is 16.7 Å². The Bertz CT molecular complexity index is 697. The average Bonchev–Trinajstić information content (AvgIpc) is 2.98. The summed E-state index contributed by atoms with van der Waals surface area (Å²) in [5.74, 6) is -0.209. The van der Waals surface area contributed by atoms with Gasteiger partial charge in [0.1, 0.15) is 0 Å². The number of hydrogen-bond acceptors (Lipinski definition) is 3. The normalized spacial score (nSPS) is 22.1. The van der Waals surface area contributed by atoms with Crippen LogP contribution in [0.5, 0.6) is 0 Å². The first kappa shape index (κ1) is 14.5. The quantitative estimate of drug-likeness (QED) is 0.779. The zero-order valence-electron chi connectivity index (χ0n) is 11.5. The molecule has 108 valence electrons. The smallest absolute Gasteiger partial charge is 0.240 e. The summed E-state index contributed by atoms with van der Waals surface area (Å²) < 4.78 is 0.979. The minimum absolute atomic E-state index is 0.101. The number of thiophene rings is 1. The molecule has 3 rings (SSSR count). The molecule has 1 atom stereocenters. The van der Waals surface area contributed by atoms with E-state index in [2.05, 4.69) is 15.9 Å². The Balaban J connectivity index is 1.88. The molecule has 21 heavy (non-hydrogen) atoms. The van der Waals surface area contributed by atoms with Gasteiger partial charge in [0.15, 0.2) is 0 Å². The minimum Gasteiger partial charge on any atom is -0.276 e. The van der Waals surface area contributed by atoms with Crippen molar-refractivity contribution in [2.45, 2.75) is 25.3 Å². The lowest BCUT2D eigenvalue weighted by Crippen LogP contribution is -2.36. The summed E-state index contributed by atoms with van der Waals surface area (Å²) in [6.45, 7) is 2.21. The molecule has 2 aromatic rings. The van der Waals surface area contributed by atoms with E-state index in [1.165, 1.54) is 4.90 Å². The zero-order chi connectivity index (χ0) is 15.0. The molecular formula is C16H14BrNO2S. The second-order valence-electron chi connectivity index (χ2n) is 5.39. The Morgan fingerprint density at radius 3 is 2.62 bits per heavy atom. The van der Waals surface area contributed by atoms with Gasteiger partial charge in [0.2, 0.25) is 11.8 Å². The lowest BCUT2D eigenvalue weighted by molar-refractivity contribution is -0.140. The van der Waals surface area contributed by atoms with Crippen LogP contribution in [0.15, 0.2) is 46.3 Å². The van der Waals surface area contributed by atoms with Crippen LogP contribution in [0, 0.1) is 0 Å². The van der Waals surface area contributed by atoms with Crippen molar-refractivity contribution in [3.63, 3.8) is 0 Å². The third-order valence-corrected chi connectivity index (χ3v) is 5.55. The van der Waals surface area contributed by atoms with Crippen LogP contribution in [0.25, 0.3) is 0 Å². The highest BCUT2D eigenvalue weighted by Gasteiger charge is 2.49. The Labute approximate surface area is 135 Å². The van der Waals surface area contributed by atoms with E-state index in [1.54, 1.807) is 11.3 Å². The second kappa shape index (κ2) is 5.39. The molecule has 0 bridgehead atoms. The summed E-state index contributed by atoms with van der Waals surface area (Å²) in [6.07, 6.45) is 0.238. The number of amides is 2. The van der Waals surface area contributed by atoms with E-state index >= 15 is 0 Å².